The second-order valence-corrected chi connectivity index (χ2v) is 11.0. The summed E-state index contributed by atoms with van der Waals surface area (Å²) >= 11 is 3.42. The number of phenolic OH excluding ortho intramolecular Hbond substituents is 1. The monoisotopic (exact) mass is 517 g/mol. The fourth-order valence-electron chi connectivity index (χ4n) is 5.48. The average Bonchev–Trinajstić information content (AvgIpc) is 3.22. The highest BCUT2D eigenvalue weighted by Crippen LogP contribution is 2.49. The van der Waals surface area contributed by atoms with Crippen LogP contribution >= 0.6 is 15.9 Å². The van der Waals surface area contributed by atoms with Crippen LogP contribution in [0.5, 0.6) is 11.5 Å². The van der Waals surface area contributed by atoms with E-state index in [4.69, 9.17) is 14.5 Å². The summed E-state index contributed by atoms with van der Waals surface area (Å²) in [5, 5.41) is 10.5. The number of Topliss-reactive ketones (excluding diaryl/α,β-unsaturated/α-hetero) is 1. The Morgan fingerprint density at radius 2 is 1.91 bits per heavy atom. The lowest BCUT2D eigenvalue weighted by Crippen LogP contribution is -2.44. The summed E-state index contributed by atoms with van der Waals surface area (Å²) in [5.74, 6) is -1.07. The lowest BCUT2D eigenvalue weighted by molar-refractivity contribution is -0.144. The van der Waals surface area contributed by atoms with Crippen molar-refractivity contribution in [3.63, 3.8) is 0 Å². The molecule has 4 rings (SSSR count). The summed E-state index contributed by atoms with van der Waals surface area (Å²) in [4.78, 5) is 31.7. The van der Waals surface area contributed by atoms with Gasteiger partial charge in [-0.15, -0.1) is 0 Å². The van der Waals surface area contributed by atoms with Crippen molar-refractivity contribution < 1.29 is 24.2 Å². The largest absolute Gasteiger partial charge is 0.503 e. The minimum absolute atomic E-state index is 0.00260. The van der Waals surface area contributed by atoms with Gasteiger partial charge in [-0.05, 0) is 85.0 Å². The van der Waals surface area contributed by atoms with Crippen LogP contribution in [-0.2, 0) is 14.3 Å². The van der Waals surface area contributed by atoms with E-state index in [-0.39, 0.29) is 23.1 Å². The second kappa shape index (κ2) is 9.24. The van der Waals surface area contributed by atoms with E-state index < -0.39 is 17.8 Å². The number of ether oxygens (including phenoxy) is 2. The van der Waals surface area contributed by atoms with Gasteiger partial charge in [0.2, 0.25) is 0 Å². The van der Waals surface area contributed by atoms with E-state index >= 15 is 0 Å². The molecule has 0 radical (unpaired) electrons. The molecule has 2 atom stereocenters. The Morgan fingerprint density at radius 1 is 1.21 bits per heavy atom. The molecule has 0 saturated heterocycles. The summed E-state index contributed by atoms with van der Waals surface area (Å²) in [6, 6.07) is 3.51. The molecular weight excluding hydrogens is 486 g/mol. The van der Waals surface area contributed by atoms with Crippen molar-refractivity contribution in [2.45, 2.75) is 78.2 Å². The van der Waals surface area contributed by atoms with Crippen LogP contribution in [0.25, 0.3) is 0 Å². The van der Waals surface area contributed by atoms with Crippen LogP contribution in [0, 0.1) is 11.3 Å². The van der Waals surface area contributed by atoms with Crippen LogP contribution in [0.1, 0.15) is 77.7 Å². The number of aliphatic imine (C=N–C) groups is 1. The van der Waals surface area contributed by atoms with E-state index in [1.807, 2.05) is 13.8 Å². The molecule has 0 bridgehead atoms. The molecule has 2 saturated carbocycles. The van der Waals surface area contributed by atoms with Gasteiger partial charge in [-0.3, -0.25) is 9.79 Å². The molecule has 1 unspecified atom stereocenters. The molecule has 6 nitrogen and oxygen atoms in total. The molecule has 0 spiro atoms. The third-order valence-corrected chi connectivity index (χ3v) is 7.47. The normalized spacial score (nSPS) is 25.0. The van der Waals surface area contributed by atoms with Crippen LogP contribution in [-0.4, -0.2) is 35.3 Å². The quantitative estimate of drug-likeness (QED) is 0.494. The first-order valence-electron chi connectivity index (χ1n) is 11.8. The smallest absolute Gasteiger partial charge is 0.336 e. The molecule has 0 amide bonds. The zero-order valence-electron chi connectivity index (χ0n) is 19.7. The molecule has 1 heterocycles. The molecular formula is C26H32BrNO5. The van der Waals surface area contributed by atoms with Gasteiger partial charge in [0, 0.05) is 23.7 Å². The Bertz CT molecular complexity index is 1040. The first-order chi connectivity index (χ1) is 15.6. The minimum atomic E-state index is -0.536. The third kappa shape index (κ3) is 4.75. The Hall–Kier alpha value is -2.15. The van der Waals surface area contributed by atoms with Gasteiger partial charge in [-0.25, -0.2) is 4.79 Å². The van der Waals surface area contributed by atoms with Gasteiger partial charge >= 0.3 is 5.97 Å². The fourth-order valence-corrected chi connectivity index (χ4v) is 5.94. The van der Waals surface area contributed by atoms with Crippen LogP contribution in [0.3, 0.4) is 0 Å². The highest BCUT2D eigenvalue weighted by molar-refractivity contribution is 9.10. The Kier molecular flexibility index (Phi) is 6.72. The predicted molar refractivity (Wildman–Crippen MR) is 130 cm³/mol. The zero-order chi connectivity index (χ0) is 23.9. The number of halogens is 1. The lowest BCUT2D eigenvalue weighted by atomic mass is 9.63. The van der Waals surface area contributed by atoms with E-state index in [9.17, 15) is 14.7 Å². The van der Waals surface area contributed by atoms with E-state index in [0.29, 0.717) is 40.9 Å². The molecule has 0 aromatic heterocycles. The maximum absolute atomic E-state index is 13.5. The number of hydrogen-bond acceptors (Lipinski definition) is 6. The van der Waals surface area contributed by atoms with E-state index in [1.165, 1.54) is 0 Å². The molecule has 3 aliphatic rings. The minimum Gasteiger partial charge on any atom is -0.503 e. The zero-order valence-corrected chi connectivity index (χ0v) is 21.3. The summed E-state index contributed by atoms with van der Waals surface area (Å²) < 4.78 is 12.0. The highest BCUT2D eigenvalue weighted by atomic mass is 79.9. The maximum Gasteiger partial charge on any atom is 0.336 e. The molecule has 1 aliphatic heterocycles. The van der Waals surface area contributed by atoms with Gasteiger partial charge in [-0.2, -0.15) is 0 Å². The van der Waals surface area contributed by atoms with Gasteiger partial charge < -0.3 is 14.6 Å². The lowest BCUT2D eigenvalue weighted by Gasteiger charge is -2.41. The number of allylic oxidation sites excluding steroid dienone is 1. The number of fused-ring (bicyclic) bond motifs is 1. The number of esters is 1. The molecule has 2 aliphatic carbocycles. The predicted octanol–water partition coefficient (Wildman–Crippen LogP) is 5.86. The van der Waals surface area contributed by atoms with Crippen LogP contribution < -0.4 is 4.74 Å². The van der Waals surface area contributed by atoms with Gasteiger partial charge in [0.1, 0.15) is 11.9 Å². The van der Waals surface area contributed by atoms with Gasteiger partial charge in [0.05, 0.1) is 22.6 Å². The Morgan fingerprint density at radius 3 is 2.58 bits per heavy atom. The number of aromatic hydroxyl groups is 1. The second-order valence-electron chi connectivity index (χ2n) is 10.1. The van der Waals surface area contributed by atoms with E-state index in [2.05, 4.69) is 29.8 Å². The van der Waals surface area contributed by atoms with Crippen molar-refractivity contribution in [2.24, 2.45) is 16.3 Å². The van der Waals surface area contributed by atoms with E-state index in [1.54, 1.807) is 12.1 Å². The summed E-state index contributed by atoms with van der Waals surface area (Å²) in [7, 11) is 0. The Labute approximate surface area is 203 Å². The van der Waals surface area contributed by atoms with Crippen LogP contribution in [0.15, 0.2) is 32.9 Å². The van der Waals surface area contributed by atoms with Gasteiger partial charge in [-0.1, -0.05) is 13.8 Å². The molecule has 1 aromatic rings. The SMILES string of the molecule is CCOc1cc([C@@H]2C(C(=O)OC3CCCC3)=C(C)N=C3CC(C)(C)CC(=O)C32)cc(Br)c1O. The van der Waals surface area contributed by atoms with Crippen molar-refractivity contribution in [3.05, 3.63) is 33.4 Å². The summed E-state index contributed by atoms with van der Waals surface area (Å²) in [6.07, 6.45) is 4.88. The van der Waals surface area contributed by atoms with Crippen molar-refractivity contribution in [2.75, 3.05) is 6.61 Å². The number of ketones is 1. The summed E-state index contributed by atoms with van der Waals surface area (Å²) in [5.41, 5.74) is 2.40. The molecule has 33 heavy (non-hydrogen) atoms. The first-order valence-corrected chi connectivity index (χ1v) is 12.6. The van der Waals surface area contributed by atoms with Crippen molar-refractivity contribution >= 4 is 33.4 Å². The molecule has 1 N–H and O–H groups in total. The Balaban J connectivity index is 1.84. The number of carbonyl (C=O) groups is 2. The van der Waals surface area contributed by atoms with E-state index in [0.717, 1.165) is 37.0 Å². The summed E-state index contributed by atoms with van der Waals surface area (Å²) in [6.45, 7) is 8.19. The van der Waals surface area contributed by atoms with Crippen LogP contribution in [0.4, 0.5) is 0 Å². The number of benzene rings is 1. The molecule has 178 valence electrons. The van der Waals surface area contributed by atoms with Crippen LogP contribution in [0.2, 0.25) is 0 Å². The average molecular weight is 518 g/mol. The maximum atomic E-state index is 13.5. The number of nitrogens with zero attached hydrogens (tertiary/aromatic N) is 1. The molecule has 1 aromatic carbocycles. The van der Waals surface area contributed by atoms with Crippen molar-refractivity contribution in [1.29, 1.82) is 0 Å². The number of hydrogen-bond donors (Lipinski definition) is 1. The number of phenols is 1. The topological polar surface area (TPSA) is 85.2 Å². The first kappa shape index (κ1) is 24.0. The number of rotatable bonds is 5. The van der Waals surface area contributed by atoms with Gasteiger partial charge in [0.15, 0.2) is 11.5 Å². The third-order valence-electron chi connectivity index (χ3n) is 6.87. The molecule has 2 fully saturated rings. The standard InChI is InChI=1S/C26H32BrNO5/c1-5-32-20-11-15(10-17(27)24(20)30)22-21(25(31)33-16-8-6-7-9-16)14(2)28-18-12-26(3,4)13-19(29)23(18)22/h10-11,16,22-23,30H,5-9,12-13H2,1-4H3/t22-,23?/m1/s1. The fraction of sp³-hybridized carbons (Fsp3) is 0.577. The number of carbonyl (C=O) groups excluding carboxylic acids is 2. The molecule has 7 heteroatoms. The highest BCUT2D eigenvalue weighted by Gasteiger charge is 2.48. The van der Waals surface area contributed by atoms with Crippen molar-refractivity contribution in [3.8, 4) is 11.5 Å². The van der Waals surface area contributed by atoms with Gasteiger partial charge in [0.25, 0.3) is 0 Å². The van der Waals surface area contributed by atoms with Crippen molar-refractivity contribution in [1.82, 2.24) is 0 Å².